The van der Waals surface area contributed by atoms with E-state index >= 15 is 0 Å². The molecule has 1 aliphatic heterocycles. The smallest absolute Gasteiger partial charge is 0.0701 e. The maximum absolute atomic E-state index is 3.53. The number of thiophene rings is 1. The van der Waals surface area contributed by atoms with E-state index in [-0.39, 0.29) is 0 Å². The largest absolute Gasteiger partial charge is 0.308 e. The van der Waals surface area contributed by atoms with Crippen molar-refractivity contribution in [1.82, 2.24) is 14.7 Å². The van der Waals surface area contributed by atoms with E-state index < -0.39 is 0 Å². The first-order valence-corrected chi connectivity index (χ1v) is 8.08. The molecule has 102 valence electrons. The van der Waals surface area contributed by atoms with Gasteiger partial charge in [0.25, 0.3) is 0 Å². The molecular weight excluding hydrogens is 310 g/mol. The lowest BCUT2D eigenvalue weighted by atomic mass is 10.3. The summed E-state index contributed by atoms with van der Waals surface area (Å²) in [5.74, 6) is 0. The second-order valence-electron chi connectivity index (χ2n) is 5.13. The number of hydrogen-bond acceptors (Lipinski definition) is 4. The Morgan fingerprint density at radius 3 is 2.39 bits per heavy atom. The zero-order chi connectivity index (χ0) is 13.0. The topological polar surface area (TPSA) is 9.72 Å². The van der Waals surface area contributed by atoms with Crippen molar-refractivity contribution in [2.75, 3.05) is 53.4 Å². The Morgan fingerprint density at radius 1 is 1.17 bits per heavy atom. The van der Waals surface area contributed by atoms with Crippen molar-refractivity contribution in [2.24, 2.45) is 0 Å². The standard InChI is InChI=1S/C13H22BrN3S/c1-15(2)5-6-16-7-9-17(10-8-16)11-12-3-4-13(14)18-12/h3-4H,5-11H2,1-2H3. The van der Waals surface area contributed by atoms with Crippen LogP contribution in [0.3, 0.4) is 0 Å². The number of halogens is 1. The minimum atomic E-state index is 1.11. The Balaban J connectivity index is 1.70. The molecule has 0 atom stereocenters. The number of hydrogen-bond donors (Lipinski definition) is 0. The Kier molecular flexibility index (Phi) is 5.63. The number of rotatable bonds is 5. The fourth-order valence-corrected chi connectivity index (χ4v) is 3.70. The molecule has 0 radical (unpaired) electrons. The molecular formula is C13H22BrN3S. The van der Waals surface area contributed by atoms with Gasteiger partial charge >= 0.3 is 0 Å². The average molecular weight is 332 g/mol. The lowest BCUT2D eigenvalue weighted by Gasteiger charge is -2.34. The molecule has 1 aliphatic rings. The van der Waals surface area contributed by atoms with Gasteiger partial charge in [-0.2, -0.15) is 0 Å². The van der Waals surface area contributed by atoms with Gasteiger partial charge in [0, 0.05) is 50.7 Å². The molecule has 1 fully saturated rings. The monoisotopic (exact) mass is 331 g/mol. The van der Waals surface area contributed by atoms with Crippen molar-refractivity contribution < 1.29 is 0 Å². The highest BCUT2D eigenvalue weighted by molar-refractivity contribution is 9.11. The summed E-state index contributed by atoms with van der Waals surface area (Å²) >= 11 is 5.38. The number of piperazine rings is 1. The highest BCUT2D eigenvalue weighted by Crippen LogP contribution is 2.23. The lowest BCUT2D eigenvalue weighted by molar-refractivity contribution is 0.121. The third-order valence-corrected chi connectivity index (χ3v) is 4.95. The second-order valence-corrected chi connectivity index (χ2v) is 7.67. The van der Waals surface area contributed by atoms with Gasteiger partial charge in [-0.25, -0.2) is 0 Å². The molecule has 0 aliphatic carbocycles. The summed E-state index contributed by atoms with van der Waals surface area (Å²) in [7, 11) is 4.29. The van der Waals surface area contributed by atoms with E-state index in [1.165, 1.54) is 41.4 Å². The molecule has 1 aromatic heterocycles. The Bertz CT molecular complexity index is 359. The third-order valence-electron chi connectivity index (χ3n) is 3.34. The first-order valence-electron chi connectivity index (χ1n) is 6.47. The van der Waals surface area contributed by atoms with Crippen LogP contribution in [0.5, 0.6) is 0 Å². The van der Waals surface area contributed by atoms with Crippen molar-refractivity contribution in [3.05, 3.63) is 20.8 Å². The first-order chi connectivity index (χ1) is 8.63. The fourth-order valence-electron chi connectivity index (χ4n) is 2.17. The number of likely N-dealkylation sites (N-methyl/N-ethyl adjacent to an activating group) is 1. The molecule has 1 saturated heterocycles. The van der Waals surface area contributed by atoms with Crippen LogP contribution in [-0.4, -0.2) is 68.1 Å². The summed E-state index contributed by atoms with van der Waals surface area (Å²) in [5.41, 5.74) is 0. The number of nitrogens with zero attached hydrogens (tertiary/aromatic N) is 3. The second kappa shape index (κ2) is 7.01. The van der Waals surface area contributed by atoms with Gasteiger partial charge in [0.2, 0.25) is 0 Å². The zero-order valence-electron chi connectivity index (χ0n) is 11.2. The van der Waals surface area contributed by atoms with Gasteiger partial charge in [-0.15, -0.1) is 11.3 Å². The molecule has 1 aromatic rings. The normalized spacial score (nSPS) is 18.7. The van der Waals surface area contributed by atoms with E-state index in [2.05, 4.69) is 56.9 Å². The van der Waals surface area contributed by atoms with Crippen molar-refractivity contribution in [3.8, 4) is 0 Å². The van der Waals surface area contributed by atoms with E-state index in [9.17, 15) is 0 Å². The molecule has 0 unspecified atom stereocenters. The Hall–Kier alpha value is 0.0600. The molecule has 0 bridgehead atoms. The van der Waals surface area contributed by atoms with E-state index in [0.29, 0.717) is 0 Å². The molecule has 18 heavy (non-hydrogen) atoms. The average Bonchev–Trinajstić information content (AvgIpc) is 2.74. The van der Waals surface area contributed by atoms with Crippen LogP contribution in [0.25, 0.3) is 0 Å². The van der Waals surface area contributed by atoms with E-state index in [1.54, 1.807) is 0 Å². The summed E-state index contributed by atoms with van der Waals surface area (Å²) in [6.07, 6.45) is 0. The fraction of sp³-hybridized carbons (Fsp3) is 0.692. The molecule has 5 heteroatoms. The van der Waals surface area contributed by atoms with Crippen molar-refractivity contribution >= 4 is 27.3 Å². The SMILES string of the molecule is CN(C)CCN1CCN(Cc2ccc(Br)s2)CC1. The molecule has 0 spiro atoms. The van der Waals surface area contributed by atoms with Crippen molar-refractivity contribution in [1.29, 1.82) is 0 Å². The maximum Gasteiger partial charge on any atom is 0.0701 e. The van der Waals surface area contributed by atoms with Crippen LogP contribution in [0.2, 0.25) is 0 Å². The summed E-state index contributed by atoms with van der Waals surface area (Å²) in [4.78, 5) is 8.85. The van der Waals surface area contributed by atoms with Gasteiger partial charge < -0.3 is 4.90 Å². The Morgan fingerprint density at radius 2 is 1.83 bits per heavy atom. The van der Waals surface area contributed by atoms with Crippen LogP contribution in [-0.2, 0) is 6.54 Å². The van der Waals surface area contributed by atoms with Gasteiger partial charge in [-0.05, 0) is 42.2 Å². The molecule has 2 heterocycles. The summed E-state index contributed by atoms with van der Waals surface area (Å²) in [6.45, 7) is 8.29. The molecule has 0 amide bonds. The summed E-state index contributed by atoms with van der Waals surface area (Å²) in [6, 6.07) is 4.38. The predicted molar refractivity (Wildman–Crippen MR) is 82.3 cm³/mol. The van der Waals surface area contributed by atoms with E-state index in [1.807, 2.05) is 11.3 Å². The minimum Gasteiger partial charge on any atom is -0.308 e. The third kappa shape index (κ3) is 4.63. The molecule has 0 N–H and O–H groups in total. The lowest BCUT2D eigenvalue weighted by Crippen LogP contribution is -2.47. The molecule has 0 aromatic carbocycles. The van der Waals surface area contributed by atoms with Crippen molar-refractivity contribution in [3.63, 3.8) is 0 Å². The van der Waals surface area contributed by atoms with Crippen LogP contribution in [0, 0.1) is 0 Å². The molecule has 2 rings (SSSR count). The highest BCUT2D eigenvalue weighted by atomic mass is 79.9. The van der Waals surface area contributed by atoms with E-state index in [4.69, 9.17) is 0 Å². The van der Waals surface area contributed by atoms with Crippen LogP contribution < -0.4 is 0 Å². The van der Waals surface area contributed by atoms with Gasteiger partial charge in [0.1, 0.15) is 0 Å². The quantitative estimate of drug-likeness (QED) is 0.818. The van der Waals surface area contributed by atoms with Crippen LogP contribution >= 0.6 is 27.3 Å². The van der Waals surface area contributed by atoms with Crippen LogP contribution in [0.1, 0.15) is 4.88 Å². The zero-order valence-corrected chi connectivity index (χ0v) is 13.6. The summed E-state index contributed by atoms with van der Waals surface area (Å²) < 4.78 is 1.24. The van der Waals surface area contributed by atoms with Crippen molar-refractivity contribution in [2.45, 2.75) is 6.54 Å². The van der Waals surface area contributed by atoms with Gasteiger partial charge in [-0.3, -0.25) is 9.80 Å². The highest BCUT2D eigenvalue weighted by Gasteiger charge is 2.17. The van der Waals surface area contributed by atoms with Crippen LogP contribution in [0.15, 0.2) is 15.9 Å². The predicted octanol–water partition coefficient (Wildman–Crippen LogP) is 2.19. The molecule has 3 nitrogen and oxygen atoms in total. The molecule has 0 saturated carbocycles. The van der Waals surface area contributed by atoms with Gasteiger partial charge in [-0.1, -0.05) is 0 Å². The summed E-state index contributed by atoms with van der Waals surface area (Å²) in [5, 5.41) is 0. The van der Waals surface area contributed by atoms with Crippen LogP contribution in [0.4, 0.5) is 0 Å². The van der Waals surface area contributed by atoms with Gasteiger partial charge in [0.05, 0.1) is 3.79 Å². The maximum atomic E-state index is 3.53. The Labute approximate surface area is 122 Å². The first kappa shape index (κ1) is 14.5. The van der Waals surface area contributed by atoms with Gasteiger partial charge in [0.15, 0.2) is 0 Å². The van der Waals surface area contributed by atoms with E-state index in [0.717, 1.165) is 13.1 Å². The minimum absolute atomic E-state index is 1.11.